The van der Waals surface area contributed by atoms with Crippen molar-refractivity contribution in [2.75, 3.05) is 19.7 Å². The average molecular weight is 306 g/mol. The van der Waals surface area contributed by atoms with Crippen LogP contribution in [0.2, 0.25) is 0 Å². The number of sulfonamides is 1. The van der Waals surface area contributed by atoms with Crippen LogP contribution in [0.3, 0.4) is 0 Å². The average Bonchev–Trinajstić information content (AvgIpc) is 2.89. The van der Waals surface area contributed by atoms with Gasteiger partial charge in [-0.1, -0.05) is 6.07 Å². The van der Waals surface area contributed by atoms with E-state index in [2.05, 4.69) is 10.0 Å². The van der Waals surface area contributed by atoms with Crippen LogP contribution in [0, 0.1) is 0 Å². The molecule has 0 saturated carbocycles. The molecule has 0 bridgehead atoms. The van der Waals surface area contributed by atoms with Crippen molar-refractivity contribution in [3.8, 4) is 0 Å². The van der Waals surface area contributed by atoms with Crippen LogP contribution in [0.4, 0.5) is 0 Å². The van der Waals surface area contributed by atoms with Gasteiger partial charge in [-0.15, -0.1) is 11.3 Å². The number of hydrogen-bond acceptors (Lipinski definition) is 5. The standard InChI is InChI=1S/C11H18N2O4S2/c14-8-2-1-6-12-10(15)5-7-13-19(16,17)11-4-3-9-18-11/h3-4,9,13-14H,1-2,5-8H2,(H,12,15). The Kier molecular flexibility index (Phi) is 7.00. The fourth-order valence-electron chi connectivity index (χ4n) is 1.34. The largest absolute Gasteiger partial charge is 0.396 e. The molecule has 8 heteroatoms. The third kappa shape index (κ3) is 6.15. The van der Waals surface area contributed by atoms with Crippen molar-refractivity contribution in [3.63, 3.8) is 0 Å². The number of aliphatic hydroxyl groups excluding tert-OH is 1. The first-order valence-corrected chi connectivity index (χ1v) is 8.33. The number of amides is 1. The molecule has 0 aliphatic carbocycles. The molecule has 108 valence electrons. The van der Waals surface area contributed by atoms with Gasteiger partial charge in [-0.05, 0) is 24.3 Å². The summed E-state index contributed by atoms with van der Waals surface area (Å²) in [6, 6.07) is 3.18. The summed E-state index contributed by atoms with van der Waals surface area (Å²) < 4.78 is 26.0. The molecule has 0 spiro atoms. The Bertz CT molecular complexity index is 471. The van der Waals surface area contributed by atoms with Crippen LogP contribution in [-0.2, 0) is 14.8 Å². The second kappa shape index (κ2) is 8.26. The molecule has 0 atom stereocenters. The normalized spacial score (nSPS) is 11.4. The lowest BCUT2D eigenvalue weighted by Gasteiger charge is -2.06. The van der Waals surface area contributed by atoms with Crippen molar-refractivity contribution >= 4 is 27.3 Å². The molecule has 1 rings (SSSR count). The Morgan fingerprint density at radius 2 is 2.11 bits per heavy atom. The van der Waals surface area contributed by atoms with Crippen LogP contribution in [0.5, 0.6) is 0 Å². The molecular formula is C11H18N2O4S2. The number of aliphatic hydroxyl groups is 1. The number of carbonyl (C=O) groups is 1. The van der Waals surface area contributed by atoms with Crippen molar-refractivity contribution in [2.24, 2.45) is 0 Å². The number of carbonyl (C=O) groups excluding carboxylic acids is 1. The van der Waals surface area contributed by atoms with Crippen LogP contribution in [0.1, 0.15) is 19.3 Å². The summed E-state index contributed by atoms with van der Waals surface area (Å²) >= 11 is 1.13. The minimum atomic E-state index is -3.49. The summed E-state index contributed by atoms with van der Waals surface area (Å²) in [7, 11) is -3.49. The lowest BCUT2D eigenvalue weighted by molar-refractivity contribution is -0.120. The van der Waals surface area contributed by atoms with Crippen molar-refractivity contribution in [2.45, 2.75) is 23.5 Å². The summed E-state index contributed by atoms with van der Waals surface area (Å²) in [6.07, 6.45) is 1.46. The first kappa shape index (κ1) is 16.1. The van der Waals surface area contributed by atoms with Gasteiger partial charge in [0.25, 0.3) is 0 Å². The molecule has 0 aliphatic rings. The molecular weight excluding hydrogens is 288 g/mol. The van der Waals surface area contributed by atoms with E-state index in [1.54, 1.807) is 11.4 Å². The Hall–Kier alpha value is -0.960. The van der Waals surface area contributed by atoms with Crippen molar-refractivity contribution < 1.29 is 18.3 Å². The fraction of sp³-hybridized carbons (Fsp3) is 0.545. The molecule has 6 nitrogen and oxygen atoms in total. The first-order chi connectivity index (χ1) is 9.06. The van der Waals surface area contributed by atoms with E-state index >= 15 is 0 Å². The molecule has 19 heavy (non-hydrogen) atoms. The SMILES string of the molecule is O=C(CCNS(=O)(=O)c1cccs1)NCCCCO. The van der Waals surface area contributed by atoms with Gasteiger partial charge in [-0.3, -0.25) is 4.79 Å². The Labute approximate surface area is 116 Å². The number of hydrogen-bond donors (Lipinski definition) is 3. The maximum atomic E-state index is 11.7. The second-order valence-corrected chi connectivity index (χ2v) is 6.80. The van der Waals surface area contributed by atoms with E-state index in [1.807, 2.05) is 0 Å². The molecule has 0 aromatic carbocycles. The van der Waals surface area contributed by atoms with E-state index in [9.17, 15) is 13.2 Å². The molecule has 3 N–H and O–H groups in total. The van der Waals surface area contributed by atoms with Crippen LogP contribution < -0.4 is 10.0 Å². The van der Waals surface area contributed by atoms with Crippen molar-refractivity contribution in [1.29, 1.82) is 0 Å². The minimum absolute atomic E-state index is 0.0755. The van der Waals surface area contributed by atoms with Gasteiger partial charge in [0.1, 0.15) is 4.21 Å². The maximum absolute atomic E-state index is 11.7. The van der Waals surface area contributed by atoms with Crippen molar-refractivity contribution in [3.05, 3.63) is 17.5 Å². The summed E-state index contributed by atoms with van der Waals surface area (Å²) in [6.45, 7) is 0.680. The van der Waals surface area contributed by atoms with Gasteiger partial charge in [-0.25, -0.2) is 13.1 Å². The lowest BCUT2D eigenvalue weighted by Crippen LogP contribution is -2.31. The number of rotatable bonds is 9. The maximum Gasteiger partial charge on any atom is 0.250 e. The molecule has 0 unspecified atom stereocenters. The predicted octanol–water partition coefficient (Wildman–Crippen LogP) is 0.305. The summed E-state index contributed by atoms with van der Waals surface area (Å²) in [5.41, 5.74) is 0. The predicted molar refractivity (Wildman–Crippen MR) is 73.5 cm³/mol. The van der Waals surface area contributed by atoms with Crippen LogP contribution in [0.15, 0.2) is 21.7 Å². The molecule has 1 aromatic heterocycles. The highest BCUT2D eigenvalue weighted by molar-refractivity contribution is 7.91. The van der Waals surface area contributed by atoms with Gasteiger partial charge in [-0.2, -0.15) is 0 Å². The number of thiophene rings is 1. The summed E-state index contributed by atoms with van der Waals surface area (Å²) in [4.78, 5) is 11.4. The van der Waals surface area contributed by atoms with Crippen molar-refractivity contribution in [1.82, 2.24) is 10.0 Å². The molecule has 0 radical (unpaired) electrons. The van der Waals surface area contributed by atoms with Gasteiger partial charge < -0.3 is 10.4 Å². The van der Waals surface area contributed by atoms with Crippen LogP contribution >= 0.6 is 11.3 Å². The second-order valence-electron chi connectivity index (χ2n) is 3.86. The van der Waals surface area contributed by atoms with E-state index < -0.39 is 10.0 Å². The van der Waals surface area contributed by atoms with Crippen LogP contribution in [0.25, 0.3) is 0 Å². The highest BCUT2D eigenvalue weighted by atomic mass is 32.2. The first-order valence-electron chi connectivity index (χ1n) is 5.97. The Morgan fingerprint density at radius 3 is 2.74 bits per heavy atom. The minimum Gasteiger partial charge on any atom is -0.396 e. The number of nitrogens with one attached hydrogen (secondary N) is 2. The monoisotopic (exact) mass is 306 g/mol. The highest BCUT2D eigenvalue weighted by Crippen LogP contribution is 2.14. The van der Waals surface area contributed by atoms with E-state index in [0.717, 1.165) is 11.3 Å². The summed E-state index contributed by atoms with van der Waals surface area (Å²) in [5, 5.41) is 12.9. The van der Waals surface area contributed by atoms with E-state index in [0.29, 0.717) is 19.4 Å². The van der Waals surface area contributed by atoms with E-state index in [-0.39, 0.29) is 29.7 Å². The van der Waals surface area contributed by atoms with Gasteiger partial charge in [0, 0.05) is 26.1 Å². The zero-order valence-electron chi connectivity index (χ0n) is 10.5. The molecule has 1 amide bonds. The third-order valence-corrected chi connectivity index (χ3v) is 5.17. The number of unbranched alkanes of at least 4 members (excludes halogenated alkanes) is 1. The smallest absolute Gasteiger partial charge is 0.250 e. The topological polar surface area (TPSA) is 95.5 Å². The third-order valence-electron chi connectivity index (χ3n) is 2.31. The Morgan fingerprint density at radius 1 is 1.32 bits per heavy atom. The quantitative estimate of drug-likeness (QED) is 0.572. The fourth-order valence-corrected chi connectivity index (χ4v) is 3.41. The highest BCUT2D eigenvalue weighted by Gasteiger charge is 2.14. The van der Waals surface area contributed by atoms with Crippen LogP contribution in [-0.4, -0.2) is 39.1 Å². The molecule has 0 saturated heterocycles. The molecule has 1 heterocycles. The van der Waals surface area contributed by atoms with Gasteiger partial charge in [0.15, 0.2) is 0 Å². The van der Waals surface area contributed by atoms with Gasteiger partial charge >= 0.3 is 0 Å². The Balaban J connectivity index is 2.21. The molecule has 1 aromatic rings. The molecule has 0 fully saturated rings. The summed E-state index contributed by atoms with van der Waals surface area (Å²) in [5.74, 6) is -0.202. The zero-order valence-corrected chi connectivity index (χ0v) is 12.1. The van der Waals surface area contributed by atoms with E-state index in [1.165, 1.54) is 6.07 Å². The van der Waals surface area contributed by atoms with E-state index in [4.69, 9.17) is 5.11 Å². The van der Waals surface area contributed by atoms with Gasteiger partial charge in [0.05, 0.1) is 0 Å². The lowest BCUT2D eigenvalue weighted by atomic mass is 10.3. The molecule has 0 aliphatic heterocycles. The zero-order chi connectivity index (χ0) is 14.1. The van der Waals surface area contributed by atoms with Gasteiger partial charge in [0.2, 0.25) is 15.9 Å².